The minimum absolute atomic E-state index is 0.145. The van der Waals surface area contributed by atoms with Gasteiger partial charge in [0.1, 0.15) is 11.9 Å². The zero-order chi connectivity index (χ0) is 20.4. The summed E-state index contributed by atoms with van der Waals surface area (Å²) in [6, 6.07) is 8.62. The largest absolute Gasteiger partial charge is 0.489 e. The molecule has 0 aliphatic carbocycles. The predicted octanol–water partition coefficient (Wildman–Crippen LogP) is 2.06. The molecule has 1 amide bonds. The quantitative estimate of drug-likeness (QED) is 0.746. The highest BCUT2D eigenvalue weighted by Crippen LogP contribution is 2.58. The number of pyridine rings is 1. The zero-order valence-corrected chi connectivity index (χ0v) is 16.2. The number of likely N-dealkylation sites (N-methyl/N-ethyl adjacent to an activating group) is 1. The second kappa shape index (κ2) is 6.00. The van der Waals surface area contributed by atoms with E-state index in [0.717, 1.165) is 0 Å². The van der Waals surface area contributed by atoms with Crippen LogP contribution >= 0.6 is 0 Å². The van der Waals surface area contributed by atoms with Crippen LogP contribution in [0.25, 0.3) is 11.1 Å². The number of aliphatic imine (C=N–C) groups is 1. The number of nitrogens with two attached hydrogens (primary N) is 1. The molecule has 29 heavy (non-hydrogen) atoms. The summed E-state index contributed by atoms with van der Waals surface area (Å²) in [6.45, 7) is 2.80. The molecule has 0 bridgehead atoms. The number of aromatic nitrogens is 1. The number of fused-ring (bicyclic) bond motifs is 4. The fourth-order valence-corrected chi connectivity index (χ4v) is 4.75. The molecule has 5 rings (SSSR count). The Morgan fingerprint density at radius 3 is 2.90 bits per heavy atom. The fraction of sp³-hybridized carbons (Fsp3) is 0.381. The van der Waals surface area contributed by atoms with E-state index in [1.165, 1.54) is 11.1 Å². The van der Waals surface area contributed by atoms with Gasteiger partial charge in [-0.3, -0.25) is 9.69 Å². The van der Waals surface area contributed by atoms with Crippen molar-refractivity contribution in [2.75, 3.05) is 20.3 Å². The Morgan fingerprint density at radius 2 is 2.17 bits per heavy atom. The Balaban J connectivity index is 1.78. The number of guanidine groups is 1. The fourth-order valence-electron chi connectivity index (χ4n) is 4.75. The van der Waals surface area contributed by atoms with Crippen molar-refractivity contribution in [2.45, 2.75) is 25.0 Å². The maximum Gasteiger partial charge on any atom is 0.262 e. The molecule has 1 spiro atoms. The third kappa shape index (κ3) is 2.23. The average Bonchev–Trinajstić information content (AvgIpc) is 2.95. The van der Waals surface area contributed by atoms with Crippen LogP contribution in [-0.2, 0) is 15.1 Å². The second-order valence-corrected chi connectivity index (χ2v) is 7.96. The SMILES string of the molecule is CN1C(=O)[C@]2(N=C1N)c1cc(-c3cccnc3F)ccc1O[C@H]1CCOCC12C. The number of amides is 1. The Labute approximate surface area is 167 Å². The molecule has 3 aliphatic heterocycles. The van der Waals surface area contributed by atoms with E-state index in [1.54, 1.807) is 37.4 Å². The second-order valence-electron chi connectivity index (χ2n) is 7.96. The minimum atomic E-state index is -1.29. The molecule has 2 N–H and O–H groups in total. The van der Waals surface area contributed by atoms with Crippen molar-refractivity contribution in [3.05, 3.63) is 48.0 Å². The number of benzene rings is 1. The maximum atomic E-state index is 14.3. The Hall–Kier alpha value is -3.00. The summed E-state index contributed by atoms with van der Waals surface area (Å²) in [5, 5.41) is 0. The molecule has 3 aliphatic rings. The third-order valence-corrected chi connectivity index (χ3v) is 6.41. The van der Waals surface area contributed by atoms with Crippen molar-refractivity contribution in [2.24, 2.45) is 16.1 Å². The first-order chi connectivity index (χ1) is 13.9. The number of halogens is 1. The van der Waals surface area contributed by atoms with E-state index < -0.39 is 16.9 Å². The van der Waals surface area contributed by atoms with Crippen LogP contribution in [0.4, 0.5) is 4.39 Å². The van der Waals surface area contributed by atoms with Crippen LogP contribution in [0.5, 0.6) is 5.75 Å². The first-order valence-corrected chi connectivity index (χ1v) is 9.52. The summed E-state index contributed by atoms with van der Waals surface area (Å²) >= 11 is 0. The van der Waals surface area contributed by atoms with Gasteiger partial charge in [-0.25, -0.2) is 9.98 Å². The van der Waals surface area contributed by atoms with Crippen LogP contribution in [0.15, 0.2) is 41.5 Å². The van der Waals surface area contributed by atoms with Gasteiger partial charge in [0.2, 0.25) is 5.95 Å². The first-order valence-electron chi connectivity index (χ1n) is 9.52. The summed E-state index contributed by atoms with van der Waals surface area (Å²) in [6.07, 6.45) is 1.79. The van der Waals surface area contributed by atoms with Crippen molar-refractivity contribution in [1.29, 1.82) is 0 Å². The molecule has 0 saturated carbocycles. The van der Waals surface area contributed by atoms with E-state index in [0.29, 0.717) is 42.1 Å². The van der Waals surface area contributed by atoms with Gasteiger partial charge in [-0.1, -0.05) is 13.0 Å². The van der Waals surface area contributed by atoms with Crippen molar-refractivity contribution < 1.29 is 18.7 Å². The van der Waals surface area contributed by atoms with Gasteiger partial charge in [-0.2, -0.15) is 4.39 Å². The Kier molecular flexibility index (Phi) is 3.73. The molecule has 3 atom stereocenters. The normalized spacial score (nSPS) is 30.6. The van der Waals surface area contributed by atoms with Gasteiger partial charge in [0.15, 0.2) is 11.5 Å². The maximum absolute atomic E-state index is 14.3. The average molecular weight is 396 g/mol. The lowest BCUT2D eigenvalue weighted by molar-refractivity contribution is -0.159. The lowest BCUT2D eigenvalue weighted by atomic mass is 9.61. The van der Waals surface area contributed by atoms with Gasteiger partial charge in [0.05, 0.1) is 18.6 Å². The van der Waals surface area contributed by atoms with Crippen LogP contribution in [-0.4, -0.2) is 48.1 Å². The zero-order valence-electron chi connectivity index (χ0n) is 16.2. The van der Waals surface area contributed by atoms with E-state index in [-0.39, 0.29) is 18.0 Å². The van der Waals surface area contributed by atoms with E-state index in [4.69, 9.17) is 20.2 Å². The minimum Gasteiger partial charge on any atom is -0.489 e. The van der Waals surface area contributed by atoms with E-state index in [1.807, 2.05) is 6.92 Å². The first kappa shape index (κ1) is 18.1. The Morgan fingerprint density at radius 1 is 1.34 bits per heavy atom. The van der Waals surface area contributed by atoms with Gasteiger partial charge in [0, 0.05) is 30.8 Å². The number of nitrogens with zero attached hydrogens (tertiary/aromatic N) is 3. The summed E-state index contributed by atoms with van der Waals surface area (Å²) in [4.78, 5) is 23.4. The molecule has 8 heteroatoms. The number of carbonyl (C=O) groups excluding carboxylic acids is 1. The van der Waals surface area contributed by atoms with Gasteiger partial charge in [-0.05, 0) is 29.8 Å². The van der Waals surface area contributed by atoms with Crippen LogP contribution in [0.3, 0.4) is 0 Å². The van der Waals surface area contributed by atoms with E-state index in [2.05, 4.69) is 4.98 Å². The van der Waals surface area contributed by atoms with Crippen LogP contribution in [0.1, 0.15) is 18.9 Å². The topological polar surface area (TPSA) is 90.0 Å². The molecule has 4 heterocycles. The molecule has 7 nitrogen and oxygen atoms in total. The highest BCUT2D eigenvalue weighted by Gasteiger charge is 2.67. The highest BCUT2D eigenvalue weighted by atomic mass is 19.1. The summed E-state index contributed by atoms with van der Waals surface area (Å²) in [5.74, 6) is -0.114. The Bertz CT molecular complexity index is 1060. The molecular weight excluding hydrogens is 375 g/mol. The van der Waals surface area contributed by atoms with Gasteiger partial charge >= 0.3 is 0 Å². The molecule has 150 valence electrons. The summed E-state index contributed by atoms with van der Waals surface area (Å²) < 4.78 is 26.4. The number of hydrogen-bond donors (Lipinski definition) is 1. The molecule has 2 aromatic rings. The predicted molar refractivity (Wildman–Crippen MR) is 104 cm³/mol. The van der Waals surface area contributed by atoms with Crippen molar-refractivity contribution in [3.8, 4) is 16.9 Å². The van der Waals surface area contributed by atoms with Gasteiger partial charge in [-0.15, -0.1) is 0 Å². The van der Waals surface area contributed by atoms with Crippen LogP contribution in [0.2, 0.25) is 0 Å². The molecule has 0 radical (unpaired) electrons. The molecule has 1 aromatic heterocycles. The number of ether oxygens (including phenoxy) is 2. The highest BCUT2D eigenvalue weighted by molar-refractivity contribution is 6.08. The van der Waals surface area contributed by atoms with Crippen molar-refractivity contribution in [3.63, 3.8) is 0 Å². The molecule has 1 saturated heterocycles. The molecular formula is C21H21FN4O3. The lowest BCUT2D eigenvalue weighted by Gasteiger charge is -2.53. The number of hydrogen-bond acceptors (Lipinski definition) is 6. The van der Waals surface area contributed by atoms with Gasteiger partial charge < -0.3 is 15.2 Å². The number of rotatable bonds is 1. The molecule has 1 unspecified atom stereocenters. The lowest BCUT2D eigenvalue weighted by Crippen LogP contribution is -2.63. The third-order valence-electron chi connectivity index (χ3n) is 6.41. The van der Waals surface area contributed by atoms with Gasteiger partial charge in [0.25, 0.3) is 5.91 Å². The standard InChI is InChI=1S/C21H21FN4O3/c1-20-11-28-9-7-16(20)29-15-6-5-12(13-4-3-8-24-17(13)22)10-14(15)21(20)18(27)26(2)19(23)25-21/h3-6,8,10,16H,7,9,11H2,1-2H3,(H2,23,25)/t16-,20?,21+/m0/s1. The van der Waals surface area contributed by atoms with E-state index in [9.17, 15) is 9.18 Å². The monoisotopic (exact) mass is 396 g/mol. The van der Waals surface area contributed by atoms with E-state index >= 15 is 0 Å². The van der Waals surface area contributed by atoms with Crippen molar-refractivity contribution in [1.82, 2.24) is 9.88 Å². The van der Waals surface area contributed by atoms with Crippen LogP contribution in [0, 0.1) is 11.4 Å². The summed E-state index contributed by atoms with van der Waals surface area (Å²) in [5.41, 5.74) is 5.54. The smallest absolute Gasteiger partial charge is 0.262 e. The number of carbonyl (C=O) groups is 1. The van der Waals surface area contributed by atoms with Crippen molar-refractivity contribution >= 4 is 11.9 Å². The van der Waals surface area contributed by atoms with Crippen LogP contribution < -0.4 is 10.5 Å². The molecule has 1 aromatic carbocycles. The summed E-state index contributed by atoms with van der Waals surface area (Å²) in [7, 11) is 1.61. The molecule has 1 fully saturated rings.